The molecule has 0 radical (unpaired) electrons. The highest BCUT2D eigenvalue weighted by molar-refractivity contribution is 7.09. The van der Waals surface area contributed by atoms with E-state index < -0.39 is 0 Å². The van der Waals surface area contributed by atoms with Crippen LogP contribution in [-0.4, -0.2) is 20.8 Å². The molecule has 0 spiro atoms. The van der Waals surface area contributed by atoms with Gasteiger partial charge in [0.15, 0.2) is 0 Å². The molecule has 1 saturated carbocycles. The van der Waals surface area contributed by atoms with E-state index in [4.69, 9.17) is 0 Å². The summed E-state index contributed by atoms with van der Waals surface area (Å²) < 4.78 is 1.93. The maximum absolute atomic E-state index is 12.7. The fourth-order valence-electron chi connectivity index (χ4n) is 4.10. The van der Waals surface area contributed by atoms with Crippen LogP contribution in [0.2, 0.25) is 0 Å². The normalized spacial score (nSPS) is 22.1. The van der Waals surface area contributed by atoms with Crippen LogP contribution in [0.25, 0.3) is 0 Å². The first-order valence-electron chi connectivity index (χ1n) is 8.67. The van der Waals surface area contributed by atoms with E-state index in [0.717, 1.165) is 55.5 Å². The Morgan fingerprint density at radius 3 is 2.96 bits per heavy atom. The van der Waals surface area contributed by atoms with Gasteiger partial charge in [-0.25, -0.2) is 9.78 Å². The molecule has 0 saturated heterocycles. The smallest absolute Gasteiger partial charge is 0.316 e. The molecule has 1 fully saturated rings. The Kier molecular flexibility index (Phi) is 4.04. The predicted molar refractivity (Wildman–Crippen MR) is 92.8 cm³/mol. The Labute approximate surface area is 145 Å². The van der Waals surface area contributed by atoms with Crippen LogP contribution in [0.1, 0.15) is 60.8 Å². The van der Waals surface area contributed by atoms with Crippen molar-refractivity contribution in [3.8, 4) is 0 Å². The van der Waals surface area contributed by atoms with E-state index in [2.05, 4.69) is 20.7 Å². The van der Waals surface area contributed by atoms with Crippen LogP contribution >= 0.6 is 11.3 Å². The molecule has 128 valence electrons. The van der Waals surface area contributed by atoms with Crippen molar-refractivity contribution in [3.05, 3.63) is 34.0 Å². The van der Waals surface area contributed by atoms with Crippen molar-refractivity contribution >= 4 is 17.4 Å². The Morgan fingerprint density at radius 2 is 2.21 bits per heavy atom. The molecule has 0 bridgehead atoms. The molecule has 2 heterocycles. The number of nitrogens with one attached hydrogen (secondary N) is 2. The average molecular weight is 345 g/mol. The lowest BCUT2D eigenvalue weighted by Gasteiger charge is -2.30. The van der Waals surface area contributed by atoms with Gasteiger partial charge in [-0.3, -0.25) is 4.68 Å². The molecule has 4 rings (SSSR count). The van der Waals surface area contributed by atoms with Gasteiger partial charge >= 0.3 is 6.03 Å². The highest BCUT2D eigenvalue weighted by Gasteiger charge is 2.39. The number of urea groups is 1. The molecule has 2 aliphatic rings. The summed E-state index contributed by atoms with van der Waals surface area (Å²) >= 11 is 1.63. The van der Waals surface area contributed by atoms with Crippen LogP contribution in [-0.2, 0) is 19.0 Å². The van der Waals surface area contributed by atoms with Crippen molar-refractivity contribution in [2.24, 2.45) is 7.05 Å². The van der Waals surface area contributed by atoms with Gasteiger partial charge < -0.3 is 10.6 Å². The van der Waals surface area contributed by atoms with Crippen LogP contribution < -0.4 is 10.6 Å². The molecule has 2 aliphatic carbocycles. The minimum atomic E-state index is -0.287. The molecule has 2 aromatic heterocycles. The largest absolute Gasteiger partial charge is 0.331 e. The monoisotopic (exact) mass is 345 g/mol. The third-order valence-corrected chi connectivity index (χ3v) is 6.31. The maximum Gasteiger partial charge on any atom is 0.316 e. The number of amides is 2. The van der Waals surface area contributed by atoms with Crippen molar-refractivity contribution in [2.45, 2.75) is 56.5 Å². The molecular weight excluding hydrogens is 322 g/mol. The molecule has 2 N–H and O–H groups in total. The Balaban J connectivity index is 1.49. The summed E-state index contributed by atoms with van der Waals surface area (Å²) in [6, 6.07) is -0.0361. The zero-order valence-electron chi connectivity index (χ0n) is 13.9. The van der Waals surface area contributed by atoms with Gasteiger partial charge in [0.1, 0.15) is 5.01 Å². The van der Waals surface area contributed by atoms with Crippen LogP contribution in [0.3, 0.4) is 0 Å². The fourth-order valence-corrected chi connectivity index (χ4v) is 4.95. The summed E-state index contributed by atoms with van der Waals surface area (Å²) in [5.74, 6) is 0. The van der Waals surface area contributed by atoms with E-state index >= 15 is 0 Å². The highest BCUT2D eigenvalue weighted by Crippen LogP contribution is 2.39. The third-order valence-electron chi connectivity index (χ3n) is 5.33. The molecule has 0 unspecified atom stereocenters. The van der Waals surface area contributed by atoms with Gasteiger partial charge in [0.2, 0.25) is 0 Å². The summed E-state index contributed by atoms with van der Waals surface area (Å²) in [6.45, 7) is 0. The van der Waals surface area contributed by atoms with Gasteiger partial charge in [-0.05, 0) is 32.1 Å². The second-order valence-electron chi connectivity index (χ2n) is 6.84. The highest BCUT2D eigenvalue weighted by atomic mass is 32.1. The SMILES string of the molecule is Cn1ncc2c1CCC[C@@H]2NC(=O)NC1(c2nccs2)CCCC1. The molecule has 0 aromatic carbocycles. The van der Waals surface area contributed by atoms with Gasteiger partial charge in [0.05, 0.1) is 17.8 Å². The first-order chi connectivity index (χ1) is 11.7. The minimum absolute atomic E-state index is 0.0530. The van der Waals surface area contributed by atoms with Crippen molar-refractivity contribution in [2.75, 3.05) is 0 Å². The number of hydrogen-bond acceptors (Lipinski definition) is 4. The summed E-state index contributed by atoms with van der Waals surface area (Å²) in [7, 11) is 1.97. The lowest BCUT2D eigenvalue weighted by Crippen LogP contribution is -2.49. The third kappa shape index (κ3) is 2.70. The van der Waals surface area contributed by atoms with Crippen LogP contribution in [0.5, 0.6) is 0 Å². The van der Waals surface area contributed by atoms with Crippen molar-refractivity contribution in [1.29, 1.82) is 0 Å². The molecule has 0 aliphatic heterocycles. The zero-order chi connectivity index (χ0) is 16.6. The van der Waals surface area contributed by atoms with E-state index in [-0.39, 0.29) is 17.6 Å². The van der Waals surface area contributed by atoms with Crippen LogP contribution in [0, 0.1) is 0 Å². The first kappa shape index (κ1) is 15.6. The number of carbonyl (C=O) groups is 1. The number of aromatic nitrogens is 3. The predicted octanol–water partition coefficient (Wildman–Crippen LogP) is 3.02. The van der Waals surface area contributed by atoms with E-state index in [1.807, 2.05) is 29.5 Å². The quantitative estimate of drug-likeness (QED) is 0.898. The van der Waals surface area contributed by atoms with E-state index in [1.165, 1.54) is 5.69 Å². The second-order valence-corrected chi connectivity index (χ2v) is 7.73. The summed E-state index contributed by atoms with van der Waals surface area (Å²) in [5.41, 5.74) is 2.11. The van der Waals surface area contributed by atoms with E-state index in [9.17, 15) is 4.79 Å². The standard InChI is InChI=1S/C17H23N5OS/c1-22-14-6-4-5-13(12(14)11-19-22)20-16(23)21-17(7-2-3-8-17)15-18-9-10-24-15/h9-11,13H,2-8H2,1H3,(H2,20,21,23)/t13-/m0/s1. The van der Waals surface area contributed by atoms with Gasteiger partial charge in [-0.15, -0.1) is 11.3 Å². The van der Waals surface area contributed by atoms with Gasteiger partial charge in [0.25, 0.3) is 0 Å². The Morgan fingerprint density at radius 1 is 1.38 bits per heavy atom. The molecule has 1 atom stereocenters. The lowest BCUT2D eigenvalue weighted by atomic mass is 9.93. The van der Waals surface area contributed by atoms with E-state index in [1.54, 1.807) is 11.3 Å². The van der Waals surface area contributed by atoms with Crippen LogP contribution in [0.4, 0.5) is 4.79 Å². The number of hydrogen-bond donors (Lipinski definition) is 2. The fraction of sp³-hybridized carbons (Fsp3) is 0.588. The van der Waals surface area contributed by atoms with Gasteiger partial charge in [0, 0.05) is 29.9 Å². The Hall–Kier alpha value is -1.89. The van der Waals surface area contributed by atoms with Crippen molar-refractivity contribution < 1.29 is 4.79 Å². The lowest BCUT2D eigenvalue weighted by molar-refractivity contribution is 0.219. The summed E-state index contributed by atoms with van der Waals surface area (Å²) in [5, 5.41) is 13.8. The number of carbonyl (C=O) groups excluding carboxylic acids is 1. The number of fused-ring (bicyclic) bond motifs is 1. The topological polar surface area (TPSA) is 71.8 Å². The Bertz CT molecular complexity index is 717. The van der Waals surface area contributed by atoms with Gasteiger partial charge in [-0.2, -0.15) is 5.10 Å². The number of nitrogens with zero attached hydrogens (tertiary/aromatic N) is 3. The maximum atomic E-state index is 12.7. The van der Waals surface area contributed by atoms with Crippen LogP contribution in [0.15, 0.2) is 17.8 Å². The molecule has 24 heavy (non-hydrogen) atoms. The van der Waals surface area contributed by atoms with Crippen molar-refractivity contribution in [1.82, 2.24) is 25.4 Å². The number of rotatable bonds is 3. The molecule has 2 aromatic rings. The van der Waals surface area contributed by atoms with E-state index in [0.29, 0.717) is 0 Å². The molecule has 6 nitrogen and oxygen atoms in total. The molecule has 2 amide bonds. The van der Waals surface area contributed by atoms with Gasteiger partial charge in [-0.1, -0.05) is 12.8 Å². The minimum Gasteiger partial charge on any atom is -0.331 e. The second kappa shape index (κ2) is 6.20. The molecular formula is C17H23N5OS. The van der Waals surface area contributed by atoms with Crippen molar-refractivity contribution in [3.63, 3.8) is 0 Å². The molecule has 7 heteroatoms. The zero-order valence-corrected chi connectivity index (χ0v) is 14.7. The average Bonchev–Trinajstić information content (AvgIpc) is 3.29. The first-order valence-corrected chi connectivity index (χ1v) is 9.55. The number of thiazole rings is 1. The number of aryl methyl sites for hydroxylation is 1. The summed E-state index contributed by atoms with van der Waals surface area (Å²) in [6.07, 6.45) is 11.0. The summed E-state index contributed by atoms with van der Waals surface area (Å²) in [4.78, 5) is 17.2.